The summed E-state index contributed by atoms with van der Waals surface area (Å²) in [4.78, 5) is 37.5. The summed E-state index contributed by atoms with van der Waals surface area (Å²) in [6.45, 7) is 0.799. The fourth-order valence-corrected chi connectivity index (χ4v) is 3.38. The van der Waals surface area contributed by atoms with Crippen LogP contribution in [0.1, 0.15) is 34.3 Å². The van der Waals surface area contributed by atoms with Crippen molar-refractivity contribution in [1.29, 1.82) is 0 Å². The summed E-state index contributed by atoms with van der Waals surface area (Å²) in [5, 5.41) is 2.31. The molecule has 0 bridgehead atoms. The lowest BCUT2D eigenvalue weighted by Gasteiger charge is -2.29. The molecule has 1 atom stereocenters. The molecule has 26 heavy (non-hydrogen) atoms. The van der Waals surface area contributed by atoms with Gasteiger partial charge in [-0.1, -0.05) is 30.3 Å². The Labute approximate surface area is 150 Å². The molecular formula is C20H18N2O4. The number of hydrogen-bond acceptors (Lipinski definition) is 4. The molecule has 2 aliphatic rings. The van der Waals surface area contributed by atoms with Crippen LogP contribution in [0.5, 0.6) is 5.75 Å². The van der Waals surface area contributed by atoms with E-state index in [0.717, 1.165) is 11.1 Å². The minimum Gasteiger partial charge on any atom is -0.489 e. The summed E-state index contributed by atoms with van der Waals surface area (Å²) in [7, 11) is 0. The third-order valence-corrected chi connectivity index (χ3v) is 4.74. The number of nitrogens with one attached hydrogen (secondary N) is 1. The third kappa shape index (κ3) is 3.06. The van der Waals surface area contributed by atoms with Crippen LogP contribution >= 0.6 is 0 Å². The van der Waals surface area contributed by atoms with E-state index in [0.29, 0.717) is 30.9 Å². The lowest BCUT2D eigenvalue weighted by molar-refractivity contribution is -0.136. The second-order valence-electron chi connectivity index (χ2n) is 6.49. The molecule has 2 heterocycles. The molecule has 0 spiro atoms. The topological polar surface area (TPSA) is 75.7 Å². The fraction of sp³-hybridized carbons (Fsp3) is 0.250. The highest BCUT2D eigenvalue weighted by molar-refractivity contribution is 6.05. The molecule has 6 heteroatoms. The maximum Gasteiger partial charge on any atom is 0.255 e. The summed E-state index contributed by atoms with van der Waals surface area (Å²) in [5.74, 6) is -0.176. The summed E-state index contributed by atoms with van der Waals surface area (Å²) in [6, 6.07) is 14.6. The smallest absolute Gasteiger partial charge is 0.255 e. The second-order valence-corrected chi connectivity index (χ2v) is 6.49. The van der Waals surface area contributed by atoms with Gasteiger partial charge in [0.2, 0.25) is 11.8 Å². The van der Waals surface area contributed by atoms with Crippen LogP contribution in [-0.4, -0.2) is 28.7 Å². The van der Waals surface area contributed by atoms with Crippen LogP contribution in [0.4, 0.5) is 0 Å². The summed E-state index contributed by atoms with van der Waals surface area (Å²) >= 11 is 0. The number of benzene rings is 2. The number of hydrogen-bond donors (Lipinski definition) is 1. The predicted molar refractivity (Wildman–Crippen MR) is 93.3 cm³/mol. The molecular weight excluding hydrogens is 332 g/mol. The Balaban J connectivity index is 1.48. The third-order valence-electron chi connectivity index (χ3n) is 4.74. The van der Waals surface area contributed by atoms with Gasteiger partial charge in [0.25, 0.3) is 5.91 Å². The van der Waals surface area contributed by atoms with E-state index in [4.69, 9.17) is 4.74 Å². The van der Waals surface area contributed by atoms with Gasteiger partial charge in [0.05, 0.1) is 0 Å². The highest BCUT2D eigenvalue weighted by atomic mass is 16.5. The molecule has 0 radical (unpaired) electrons. The van der Waals surface area contributed by atoms with Gasteiger partial charge in [0.15, 0.2) is 0 Å². The minimum atomic E-state index is -0.596. The first-order chi connectivity index (χ1) is 12.6. The quantitative estimate of drug-likeness (QED) is 0.856. The Morgan fingerprint density at radius 1 is 1.08 bits per heavy atom. The normalized spacial score (nSPS) is 19.3. The maximum atomic E-state index is 12.6. The lowest BCUT2D eigenvalue weighted by atomic mass is 10.0. The van der Waals surface area contributed by atoms with Crippen molar-refractivity contribution in [2.24, 2.45) is 0 Å². The average Bonchev–Trinajstić information content (AvgIpc) is 2.97. The summed E-state index contributed by atoms with van der Waals surface area (Å²) in [6.07, 6.45) is 0.615. The van der Waals surface area contributed by atoms with Crippen molar-refractivity contribution in [3.05, 3.63) is 65.2 Å². The largest absolute Gasteiger partial charge is 0.489 e. The highest BCUT2D eigenvalue weighted by Gasteiger charge is 2.39. The monoisotopic (exact) mass is 350 g/mol. The van der Waals surface area contributed by atoms with Crippen LogP contribution < -0.4 is 10.1 Å². The number of nitrogens with zero attached hydrogens (tertiary/aromatic N) is 1. The number of ether oxygens (including phenoxy) is 1. The van der Waals surface area contributed by atoms with Crippen LogP contribution in [0.2, 0.25) is 0 Å². The molecule has 2 aromatic rings. The average molecular weight is 350 g/mol. The molecule has 0 unspecified atom stereocenters. The van der Waals surface area contributed by atoms with E-state index in [2.05, 4.69) is 5.32 Å². The second kappa shape index (κ2) is 6.63. The Hall–Kier alpha value is -3.15. The van der Waals surface area contributed by atoms with E-state index >= 15 is 0 Å². The number of piperidine rings is 1. The zero-order valence-corrected chi connectivity index (χ0v) is 14.1. The molecule has 0 saturated carbocycles. The molecule has 1 saturated heterocycles. The lowest BCUT2D eigenvalue weighted by Crippen LogP contribution is -2.52. The molecule has 1 fully saturated rings. The standard InChI is InChI=1S/C20H18N2O4/c23-18-9-8-17(19(24)21-18)22-11-14-10-15(6-7-16(14)20(22)25)26-12-13-4-2-1-3-5-13/h1-7,10,17H,8-9,11-12H2,(H,21,23,24)/t17-/m0/s1. The van der Waals surface area contributed by atoms with Gasteiger partial charge in [0.1, 0.15) is 18.4 Å². The van der Waals surface area contributed by atoms with Gasteiger partial charge in [0, 0.05) is 18.5 Å². The van der Waals surface area contributed by atoms with Gasteiger partial charge in [-0.15, -0.1) is 0 Å². The number of fused-ring (bicyclic) bond motifs is 1. The van der Waals surface area contributed by atoms with Crippen molar-refractivity contribution in [2.45, 2.75) is 32.0 Å². The molecule has 6 nitrogen and oxygen atoms in total. The first-order valence-corrected chi connectivity index (χ1v) is 8.56. The van der Waals surface area contributed by atoms with Crippen LogP contribution in [-0.2, 0) is 22.7 Å². The molecule has 0 aromatic heterocycles. The van der Waals surface area contributed by atoms with Crippen LogP contribution in [0.15, 0.2) is 48.5 Å². The number of imide groups is 1. The first kappa shape index (κ1) is 16.3. The Kier molecular flexibility index (Phi) is 4.16. The Morgan fingerprint density at radius 2 is 1.88 bits per heavy atom. The van der Waals surface area contributed by atoms with Gasteiger partial charge in [-0.25, -0.2) is 0 Å². The summed E-state index contributed by atoms with van der Waals surface area (Å²) < 4.78 is 5.81. The van der Waals surface area contributed by atoms with Gasteiger partial charge in [-0.05, 0) is 35.7 Å². The fourth-order valence-electron chi connectivity index (χ4n) is 3.38. The van der Waals surface area contributed by atoms with Crippen molar-refractivity contribution >= 4 is 17.7 Å². The zero-order chi connectivity index (χ0) is 18.1. The van der Waals surface area contributed by atoms with Crippen molar-refractivity contribution in [2.75, 3.05) is 0 Å². The Bertz CT molecular complexity index is 879. The molecule has 0 aliphatic carbocycles. The van der Waals surface area contributed by atoms with Crippen LogP contribution in [0.25, 0.3) is 0 Å². The van der Waals surface area contributed by atoms with Crippen molar-refractivity contribution in [1.82, 2.24) is 10.2 Å². The van der Waals surface area contributed by atoms with E-state index in [1.807, 2.05) is 36.4 Å². The maximum absolute atomic E-state index is 12.6. The van der Waals surface area contributed by atoms with Crippen molar-refractivity contribution in [3.8, 4) is 5.75 Å². The molecule has 2 aliphatic heterocycles. The molecule has 4 rings (SSSR count). The number of carbonyl (C=O) groups excluding carboxylic acids is 3. The van der Waals surface area contributed by atoms with Gasteiger partial charge < -0.3 is 9.64 Å². The number of carbonyl (C=O) groups is 3. The van der Waals surface area contributed by atoms with E-state index in [1.54, 1.807) is 12.1 Å². The molecule has 2 aromatic carbocycles. The van der Waals surface area contributed by atoms with Crippen LogP contribution in [0, 0.1) is 0 Å². The zero-order valence-electron chi connectivity index (χ0n) is 14.1. The predicted octanol–water partition coefficient (Wildman–Crippen LogP) is 2.03. The first-order valence-electron chi connectivity index (χ1n) is 8.56. The Morgan fingerprint density at radius 3 is 2.65 bits per heavy atom. The van der Waals surface area contributed by atoms with Gasteiger partial charge in [-0.3, -0.25) is 19.7 Å². The SMILES string of the molecule is O=C1CC[C@H](N2Cc3cc(OCc4ccccc4)ccc3C2=O)C(=O)N1. The molecule has 132 valence electrons. The van der Waals surface area contributed by atoms with Gasteiger partial charge >= 0.3 is 0 Å². The molecule has 3 amide bonds. The van der Waals surface area contributed by atoms with Crippen LogP contribution in [0.3, 0.4) is 0 Å². The minimum absolute atomic E-state index is 0.177. The summed E-state index contributed by atoms with van der Waals surface area (Å²) in [5.41, 5.74) is 2.49. The molecule has 1 N–H and O–H groups in total. The van der Waals surface area contributed by atoms with E-state index < -0.39 is 11.9 Å². The number of rotatable bonds is 4. The van der Waals surface area contributed by atoms with Crippen molar-refractivity contribution in [3.63, 3.8) is 0 Å². The number of amides is 3. The van der Waals surface area contributed by atoms with Gasteiger partial charge in [-0.2, -0.15) is 0 Å². The van der Waals surface area contributed by atoms with E-state index in [1.165, 1.54) is 4.90 Å². The highest BCUT2D eigenvalue weighted by Crippen LogP contribution is 2.30. The van der Waals surface area contributed by atoms with E-state index in [-0.39, 0.29) is 18.2 Å². The van der Waals surface area contributed by atoms with Crippen molar-refractivity contribution < 1.29 is 19.1 Å². The van der Waals surface area contributed by atoms with E-state index in [9.17, 15) is 14.4 Å².